The first-order chi connectivity index (χ1) is 11.1. The van der Waals surface area contributed by atoms with E-state index in [2.05, 4.69) is 34.3 Å². The average Bonchev–Trinajstić information content (AvgIpc) is 2.56. The van der Waals surface area contributed by atoms with E-state index in [1.54, 1.807) is 11.9 Å². The third kappa shape index (κ3) is 3.54. The quantitative estimate of drug-likeness (QED) is 0.707. The van der Waals surface area contributed by atoms with Gasteiger partial charge in [0.05, 0.1) is 10.0 Å². The molecule has 0 radical (unpaired) electrons. The van der Waals surface area contributed by atoms with Crippen molar-refractivity contribution in [1.82, 2.24) is 10.0 Å². The fourth-order valence-corrected chi connectivity index (χ4v) is 4.24. The fourth-order valence-electron chi connectivity index (χ4n) is 3.37. The normalized spacial score (nSPS) is 20.3. The topological polar surface area (TPSA) is 24.1 Å². The fraction of sp³-hybridized carbons (Fsp3) is 0.333. The lowest BCUT2D eigenvalue weighted by Crippen LogP contribution is -2.24. The summed E-state index contributed by atoms with van der Waals surface area (Å²) in [4.78, 5) is 1.24. The van der Waals surface area contributed by atoms with Crippen LogP contribution in [0.5, 0.6) is 0 Å². The summed E-state index contributed by atoms with van der Waals surface area (Å²) in [5.74, 6) is 0.373. The molecule has 23 heavy (non-hydrogen) atoms. The number of nitrogens with one attached hydrogen (secondary N) is 2. The van der Waals surface area contributed by atoms with Gasteiger partial charge >= 0.3 is 0 Å². The minimum atomic E-state index is 0.373. The van der Waals surface area contributed by atoms with Crippen LogP contribution in [0.4, 0.5) is 0 Å². The van der Waals surface area contributed by atoms with Gasteiger partial charge in [-0.05, 0) is 79.8 Å². The van der Waals surface area contributed by atoms with Gasteiger partial charge in [0.1, 0.15) is 0 Å². The van der Waals surface area contributed by atoms with Gasteiger partial charge in [0.2, 0.25) is 0 Å². The zero-order valence-electron chi connectivity index (χ0n) is 13.2. The summed E-state index contributed by atoms with van der Waals surface area (Å²) < 4.78 is 3.14. The van der Waals surface area contributed by atoms with Gasteiger partial charge in [-0.25, -0.2) is 0 Å². The summed E-state index contributed by atoms with van der Waals surface area (Å²) in [6.45, 7) is 0. The van der Waals surface area contributed by atoms with Crippen molar-refractivity contribution >= 4 is 35.1 Å². The zero-order valence-corrected chi connectivity index (χ0v) is 15.5. The molecule has 1 aliphatic carbocycles. The van der Waals surface area contributed by atoms with Crippen LogP contribution in [0.25, 0.3) is 0 Å². The van der Waals surface area contributed by atoms with E-state index in [1.807, 2.05) is 26.2 Å². The highest BCUT2D eigenvalue weighted by molar-refractivity contribution is 7.97. The van der Waals surface area contributed by atoms with Gasteiger partial charge in [-0.15, -0.1) is 0 Å². The summed E-state index contributed by atoms with van der Waals surface area (Å²) >= 11 is 13.9. The molecule has 5 heteroatoms. The molecule has 122 valence electrons. The Morgan fingerprint density at radius 1 is 0.957 bits per heavy atom. The first kappa shape index (κ1) is 17.1. The molecule has 0 spiro atoms. The van der Waals surface area contributed by atoms with Crippen LogP contribution >= 0.6 is 35.1 Å². The molecule has 0 amide bonds. The number of hydrogen-bond acceptors (Lipinski definition) is 3. The molecule has 0 saturated heterocycles. The molecule has 0 bridgehead atoms. The predicted octanol–water partition coefficient (Wildman–Crippen LogP) is 5.41. The molecule has 2 nitrogen and oxygen atoms in total. The highest BCUT2D eigenvalue weighted by Crippen LogP contribution is 2.43. The van der Waals surface area contributed by atoms with Crippen LogP contribution in [0.3, 0.4) is 0 Å². The van der Waals surface area contributed by atoms with Crippen LogP contribution in [0.1, 0.15) is 41.5 Å². The summed E-state index contributed by atoms with van der Waals surface area (Å²) in [6.07, 6.45) is 2.22. The first-order valence-electron chi connectivity index (χ1n) is 7.73. The maximum atomic E-state index is 6.23. The van der Waals surface area contributed by atoms with Crippen LogP contribution in [0, 0.1) is 0 Å². The standard InChI is InChI=1S/C18H20Cl2N2S/c1-21-18-8-6-13(11-3-7-16(19)17(20)9-11)14-5-4-12(23-22-2)10-15(14)18/h3-5,7,9-10,13,18,21-22H,6,8H2,1-2H3/t13-,18-/m0/s1. The molecule has 2 aromatic carbocycles. The van der Waals surface area contributed by atoms with Gasteiger partial charge in [-0.2, -0.15) is 0 Å². The Bertz CT molecular complexity index is 705. The van der Waals surface area contributed by atoms with Gasteiger partial charge in [-0.1, -0.05) is 35.3 Å². The Kier molecular flexibility index (Phi) is 5.55. The van der Waals surface area contributed by atoms with E-state index in [1.165, 1.54) is 21.6 Å². The van der Waals surface area contributed by atoms with Crippen molar-refractivity contribution in [2.24, 2.45) is 0 Å². The number of benzene rings is 2. The Morgan fingerprint density at radius 3 is 2.48 bits per heavy atom. The van der Waals surface area contributed by atoms with Crippen molar-refractivity contribution in [2.45, 2.75) is 29.7 Å². The molecule has 0 unspecified atom stereocenters. The summed E-state index contributed by atoms with van der Waals surface area (Å²) in [5, 5.41) is 4.69. The molecule has 2 atom stereocenters. The van der Waals surface area contributed by atoms with E-state index in [9.17, 15) is 0 Å². The molecule has 1 aliphatic rings. The minimum absolute atomic E-state index is 0.373. The second-order valence-corrected chi connectivity index (χ2v) is 7.64. The third-order valence-electron chi connectivity index (χ3n) is 4.47. The lowest BCUT2D eigenvalue weighted by atomic mass is 9.77. The molecule has 0 aliphatic heterocycles. The second-order valence-electron chi connectivity index (χ2n) is 5.74. The summed E-state index contributed by atoms with van der Waals surface area (Å²) in [5.41, 5.74) is 4.01. The minimum Gasteiger partial charge on any atom is -0.313 e. The highest BCUT2D eigenvalue weighted by Gasteiger charge is 2.28. The van der Waals surface area contributed by atoms with Crippen LogP contribution in [0.2, 0.25) is 10.0 Å². The molecule has 2 aromatic rings. The van der Waals surface area contributed by atoms with Gasteiger partial charge in [-0.3, -0.25) is 4.72 Å². The Labute approximate surface area is 152 Å². The number of halogens is 2. The molecule has 0 aromatic heterocycles. The molecule has 0 fully saturated rings. The molecule has 2 N–H and O–H groups in total. The van der Waals surface area contributed by atoms with Crippen LogP contribution in [0.15, 0.2) is 41.3 Å². The highest BCUT2D eigenvalue weighted by atomic mass is 35.5. The maximum Gasteiger partial charge on any atom is 0.0595 e. The van der Waals surface area contributed by atoms with E-state index in [4.69, 9.17) is 23.2 Å². The SMILES string of the molecule is CNSc1ccc2c(c1)[C@@H](NC)CC[C@H]2c1ccc(Cl)c(Cl)c1. The largest absolute Gasteiger partial charge is 0.313 e. The molecular formula is C18H20Cl2N2S. The van der Waals surface area contributed by atoms with Crippen molar-refractivity contribution in [3.05, 3.63) is 63.1 Å². The van der Waals surface area contributed by atoms with Crippen molar-refractivity contribution in [3.63, 3.8) is 0 Å². The van der Waals surface area contributed by atoms with Gasteiger partial charge < -0.3 is 5.32 Å². The number of hydrogen-bond donors (Lipinski definition) is 2. The lowest BCUT2D eigenvalue weighted by molar-refractivity contribution is 0.470. The van der Waals surface area contributed by atoms with Crippen molar-refractivity contribution < 1.29 is 0 Å². The third-order valence-corrected chi connectivity index (χ3v) is 5.90. The zero-order chi connectivity index (χ0) is 16.4. The number of fused-ring (bicyclic) bond motifs is 1. The molecular weight excluding hydrogens is 347 g/mol. The van der Waals surface area contributed by atoms with Crippen molar-refractivity contribution in [2.75, 3.05) is 14.1 Å². The number of rotatable bonds is 4. The van der Waals surface area contributed by atoms with Crippen molar-refractivity contribution in [3.8, 4) is 0 Å². The van der Waals surface area contributed by atoms with Gasteiger partial charge in [0.15, 0.2) is 0 Å². The van der Waals surface area contributed by atoms with E-state index >= 15 is 0 Å². The molecule has 0 saturated carbocycles. The second kappa shape index (κ2) is 7.45. The van der Waals surface area contributed by atoms with Crippen molar-refractivity contribution in [1.29, 1.82) is 0 Å². The van der Waals surface area contributed by atoms with E-state index in [0.717, 1.165) is 12.8 Å². The molecule has 3 rings (SSSR count). The van der Waals surface area contributed by atoms with E-state index < -0.39 is 0 Å². The Balaban J connectivity index is 2.03. The smallest absolute Gasteiger partial charge is 0.0595 e. The Morgan fingerprint density at radius 2 is 1.78 bits per heavy atom. The monoisotopic (exact) mass is 366 g/mol. The van der Waals surface area contributed by atoms with Crippen LogP contribution < -0.4 is 10.0 Å². The van der Waals surface area contributed by atoms with Crippen LogP contribution in [-0.4, -0.2) is 14.1 Å². The van der Waals surface area contributed by atoms with Crippen LogP contribution in [-0.2, 0) is 0 Å². The lowest BCUT2D eigenvalue weighted by Gasteiger charge is -2.32. The van der Waals surface area contributed by atoms with E-state index in [0.29, 0.717) is 22.0 Å². The maximum absolute atomic E-state index is 6.23. The van der Waals surface area contributed by atoms with Gasteiger partial charge in [0, 0.05) is 16.9 Å². The predicted molar refractivity (Wildman–Crippen MR) is 101 cm³/mol. The molecule has 0 heterocycles. The summed E-state index contributed by atoms with van der Waals surface area (Å²) in [6, 6.07) is 13.1. The first-order valence-corrected chi connectivity index (χ1v) is 9.31. The average molecular weight is 367 g/mol. The van der Waals surface area contributed by atoms with Gasteiger partial charge in [0.25, 0.3) is 0 Å². The van der Waals surface area contributed by atoms with E-state index in [-0.39, 0.29) is 0 Å². The Hall–Kier alpha value is -0.710. The summed E-state index contributed by atoms with van der Waals surface area (Å²) in [7, 11) is 3.98.